The molecule has 1 N–H and O–H groups in total. The number of hydrogen-bond donors (Lipinski definition) is 1. The van der Waals surface area contributed by atoms with Gasteiger partial charge in [0, 0.05) is 31.0 Å². The molecule has 0 bridgehead atoms. The van der Waals surface area contributed by atoms with Crippen LogP contribution in [0, 0.1) is 0 Å². The smallest absolute Gasteiger partial charge is 0.0309 e. The Morgan fingerprint density at radius 3 is 2.78 bits per heavy atom. The van der Waals surface area contributed by atoms with Crippen molar-refractivity contribution in [2.24, 2.45) is 0 Å². The summed E-state index contributed by atoms with van der Waals surface area (Å²) < 4.78 is 0. The van der Waals surface area contributed by atoms with Crippen LogP contribution in [-0.4, -0.2) is 35.6 Å². The molecule has 100 valence electrons. The summed E-state index contributed by atoms with van der Waals surface area (Å²) in [6, 6.07) is 4.20. The molecule has 0 spiro atoms. The Labute approximate surface area is 111 Å². The lowest BCUT2D eigenvalue weighted by Gasteiger charge is -2.34. The van der Waals surface area contributed by atoms with Gasteiger partial charge in [-0.25, -0.2) is 0 Å². The van der Waals surface area contributed by atoms with Gasteiger partial charge in [0.05, 0.1) is 0 Å². The van der Waals surface area contributed by atoms with Gasteiger partial charge in [-0.15, -0.1) is 0 Å². The zero-order valence-electron chi connectivity index (χ0n) is 11.7. The van der Waals surface area contributed by atoms with E-state index in [0.717, 1.165) is 13.1 Å². The molecule has 0 radical (unpaired) electrons. The van der Waals surface area contributed by atoms with Crippen LogP contribution in [-0.2, 0) is 6.54 Å². The molecule has 1 saturated heterocycles. The van der Waals surface area contributed by atoms with Crippen molar-refractivity contribution in [1.82, 2.24) is 15.2 Å². The van der Waals surface area contributed by atoms with Gasteiger partial charge >= 0.3 is 0 Å². The van der Waals surface area contributed by atoms with Gasteiger partial charge < -0.3 is 10.2 Å². The third kappa shape index (κ3) is 3.53. The van der Waals surface area contributed by atoms with Gasteiger partial charge in [0.1, 0.15) is 0 Å². The van der Waals surface area contributed by atoms with Crippen molar-refractivity contribution in [2.75, 3.05) is 20.1 Å². The molecule has 2 heterocycles. The zero-order valence-corrected chi connectivity index (χ0v) is 11.7. The summed E-state index contributed by atoms with van der Waals surface area (Å²) in [5.41, 5.74) is 1.70. The van der Waals surface area contributed by atoms with E-state index >= 15 is 0 Å². The van der Waals surface area contributed by atoms with E-state index in [-0.39, 0.29) is 0 Å². The molecule has 3 nitrogen and oxygen atoms in total. The summed E-state index contributed by atoms with van der Waals surface area (Å²) in [5, 5.41) is 3.73. The first-order valence-corrected chi connectivity index (χ1v) is 7.06. The predicted octanol–water partition coefficient (Wildman–Crippen LogP) is 2.44. The van der Waals surface area contributed by atoms with Crippen LogP contribution in [0.25, 0.3) is 0 Å². The number of pyridine rings is 1. The fraction of sp³-hybridized carbons (Fsp3) is 0.667. The largest absolute Gasteiger partial charge is 0.310 e. The van der Waals surface area contributed by atoms with Crippen LogP contribution in [0.5, 0.6) is 0 Å². The summed E-state index contributed by atoms with van der Waals surface area (Å²) in [6.07, 6.45) is 8.94. The normalized spacial score (nSPS) is 23.7. The maximum atomic E-state index is 4.07. The molecule has 1 aliphatic rings. The lowest BCUT2D eigenvalue weighted by Crippen LogP contribution is -2.48. The summed E-state index contributed by atoms with van der Waals surface area (Å²) in [5.74, 6) is 0. The lowest BCUT2D eigenvalue weighted by atomic mass is 9.91. The van der Waals surface area contributed by atoms with E-state index < -0.39 is 0 Å². The Morgan fingerprint density at radius 2 is 2.17 bits per heavy atom. The summed E-state index contributed by atoms with van der Waals surface area (Å²) in [6.45, 7) is 5.62. The number of nitrogens with one attached hydrogen (secondary N) is 1. The van der Waals surface area contributed by atoms with Gasteiger partial charge in [0.25, 0.3) is 0 Å². The second-order valence-electron chi connectivity index (χ2n) is 5.59. The van der Waals surface area contributed by atoms with E-state index in [1.807, 2.05) is 12.4 Å². The first-order chi connectivity index (χ1) is 8.74. The third-order valence-electron chi connectivity index (χ3n) is 3.84. The fourth-order valence-corrected chi connectivity index (χ4v) is 3.15. The molecule has 18 heavy (non-hydrogen) atoms. The van der Waals surface area contributed by atoms with E-state index in [9.17, 15) is 0 Å². The minimum atomic E-state index is 0.358. The van der Waals surface area contributed by atoms with Gasteiger partial charge in [0.15, 0.2) is 0 Å². The van der Waals surface area contributed by atoms with E-state index in [0.29, 0.717) is 5.54 Å². The summed E-state index contributed by atoms with van der Waals surface area (Å²) in [4.78, 5) is 6.50. The molecule has 2 rings (SSSR count). The van der Waals surface area contributed by atoms with Crippen LogP contribution >= 0.6 is 0 Å². The van der Waals surface area contributed by atoms with Crippen molar-refractivity contribution >= 4 is 0 Å². The minimum absolute atomic E-state index is 0.358. The Bertz CT molecular complexity index is 344. The quantitative estimate of drug-likeness (QED) is 0.837. The van der Waals surface area contributed by atoms with E-state index in [4.69, 9.17) is 0 Å². The highest BCUT2D eigenvalue weighted by molar-refractivity contribution is 5.09. The van der Waals surface area contributed by atoms with Crippen LogP contribution < -0.4 is 5.32 Å². The number of likely N-dealkylation sites (N-methyl/N-ethyl adjacent to an activating group) is 1. The molecular formula is C15H25N3. The molecule has 0 amide bonds. The zero-order chi connectivity index (χ0) is 12.8. The van der Waals surface area contributed by atoms with E-state index in [1.165, 1.54) is 37.8 Å². The van der Waals surface area contributed by atoms with E-state index in [1.54, 1.807) is 0 Å². The van der Waals surface area contributed by atoms with Crippen molar-refractivity contribution in [3.63, 3.8) is 0 Å². The van der Waals surface area contributed by atoms with Crippen molar-refractivity contribution in [3.05, 3.63) is 30.1 Å². The van der Waals surface area contributed by atoms with Crippen molar-refractivity contribution in [2.45, 2.75) is 44.7 Å². The third-order valence-corrected chi connectivity index (χ3v) is 3.84. The number of aromatic nitrogens is 1. The number of rotatable bonds is 6. The minimum Gasteiger partial charge on any atom is -0.310 e. The van der Waals surface area contributed by atoms with Crippen molar-refractivity contribution in [1.29, 1.82) is 0 Å². The van der Waals surface area contributed by atoms with Crippen molar-refractivity contribution in [3.8, 4) is 0 Å². The molecule has 0 aliphatic carbocycles. The first-order valence-electron chi connectivity index (χ1n) is 7.06. The van der Waals surface area contributed by atoms with Gasteiger partial charge in [0.2, 0.25) is 0 Å². The number of hydrogen-bond acceptors (Lipinski definition) is 3. The first kappa shape index (κ1) is 13.5. The lowest BCUT2D eigenvalue weighted by molar-refractivity contribution is 0.207. The molecule has 1 aromatic rings. The van der Waals surface area contributed by atoms with Crippen molar-refractivity contribution < 1.29 is 0 Å². The second-order valence-corrected chi connectivity index (χ2v) is 5.59. The predicted molar refractivity (Wildman–Crippen MR) is 75.4 cm³/mol. The Kier molecular flexibility index (Phi) is 4.72. The highest BCUT2D eigenvalue weighted by Gasteiger charge is 2.33. The molecule has 1 unspecified atom stereocenters. The maximum Gasteiger partial charge on any atom is 0.0309 e. The molecule has 3 heteroatoms. The van der Waals surface area contributed by atoms with Crippen LogP contribution in [0.15, 0.2) is 24.5 Å². The van der Waals surface area contributed by atoms with Crippen LogP contribution in [0.2, 0.25) is 0 Å². The molecule has 1 fully saturated rings. The highest BCUT2D eigenvalue weighted by Crippen LogP contribution is 2.25. The highest BCUT2D eigenvalue weighted by atomic mass is 15.2. The fourth-order valence-electron chi connectivity index (χ4n) is 3.15. The van der Waals surface area contributed by atoms with Gasteiger partial charge in [-0.1, -0.05) is 13.3 Å². The molecule has 1 aromatic heterocycles. The SMILES string of the molecule is CCCC1(CN(C)Cc2ccncc2)CCCN1. The molecule has 0 aromatic carbocycles. The monoisotopic (exact) mass is 247 g/mol. The van der Waals surface area contributed by atoms with Crippen LogP contribution in [0.1, 0.15) is 38.2 Å². The average molecular weight is 247 g/mol. The summed E-state index contributed by atoms with van der Waals surface area (Å²) >= 11 is 0. The van der Waals surface area contributed by atoms with Gasteiger partial charge in [-0.2, -0.15) is 0 Å². The standard InChI is InChI=1S/C15H25N3/c1-3-7-15(8-4-9-17-15)13-18(2)12-14-5-10-16-11-6-14/h5-6,10-11,17H,3-4,7-9,12-13H2,1-2H3. The topological polar surface area (TPSA) is 28.2 Å². The van der Waals surface area contributed by atoms with Crippen LogP contribution in [0.3, 0.4) is 0 Å². The molecule has 1 atom stereocenters. The number of nitrogens with zero attached hydrogens (tertiary/aromatic N) is 2. The Morgan fingerprint density at radius 1 is 1.39 bits per heavy atom. The maximum absolute atomic E-state index is 4.07. The summed E-state index contributed by atoms with van der Waals surface area (Å²) in [7, 11) is 2.22. The van der Waals surface area contributed by atoms with Gasteiger partial charge in [-0.3, -0.25) is 4.98 Å². The molecular weight excluding hydrogens is 222 g/mol. The Balaban J connectivity index is 1.91. The van der Waals surface area contributed by atoms with Gasteiger partial charge in [-0.05, 0) is 50.6 Å². The molecule has 1 aliphatic heterocycles. The average Bonchev–Trinajstić information content (AvgIpc) is 2.79. The second kappa shape index (κ2) is 6.30. The van der Waals surface area contributed by atoms with Crippen LogP contribution in [0.4, 0.5) is 0 Å². The Hall–Kier alpha value is -0.930. The molecule has 0 saturated carbocycles. The van der Waals surface area contributed by atoms with E-state index in [2.05, 4.69) is 41.3 Å².